The van der Waals surface area contributed by atoms with Crippen molar-refractivity contribution < 1.29 is 13.2 Å². The fourth-order valence-corrected chi connectivity index (χ4v) is 5.24. The fraction of sp³-hybridized carbons (Fsp3) is 0.650. The number of hydrogen-bond acceptors (Lipinski definition) is 5. The first-order valence-corrected chi connectivity index (χ1v) is 12.0. The van der Waals surface area contributed by atoms with E-state index < -0.39 is 16.1 Å². The molecule has 1 aromatic carbocycles. The predicted octanol–water partition coefficient (Wildman–Crippen LogP) is 1.13. The summed E-state index contributed by atoms with van der Waals surface area (Å²) in [5.41, 5.74) is 1.25. The average molecular weight is 409 g/mol. The van der Waals surface area contributed by atoms with Crippen molar-refractivity contribution in [2.24, 2.45) is 0 Å². The highest BCUT2D eigenvalue weighted by atomic mass is 32.2. The minimum absolute atomic E-state index is 0.167. The van der Waals surface area contributed by atoms with Crippen molar-refractivity contribution in [2.45, 2.75) is 38.3 Å². The van der Waals surface area contributed by atoms with Crippen molar-refractivity contribution in [3.8, 4) is 0 Å². The highest BCUT2D eigenvalue weighted by Crippen LogP contribution is 2.20. The lowest BCUT2D eigenvalue weighted by atomic mass is 10.0. The van der Waals surface area contributed by atoms with Crippen molar-refractivity contribution >= 4 is 21.6 Å². The third-order valence-corrected chi connectivity index (χ3v) is 7.10. The van der Waals surface area contributed by atoms with Crippen LogP contribution in [0.2, 0.25) is 0 Å². The molecular weight excluding hydrogens is 376 g/mol. The Labute approximate surface area is 168 Å². The molecule has 2 heterocycles. The molecule has 156 valence electrons. The third-order valence-electron chi connectivity index (χ3n) is 5.81. The maximum atomic E-state index is 12.6. The number of amides is 1. The van der Waals surface area contributed by atoms with E-state index in [4.69, 9.17) is 0 Å². The minimum atomic E-state index is -3.36. The minimum Gasteiger partial charge on any atom is -0.369 e. The number of carbonyl (C=O) groups is 1. The van der Waals surface area contributed by atoms with E-state index in [1.165, 1.54) is 16.2 Å². The lowest BCUT2D eigenvalue weighted by Gasteiger charge is -2.39. The fourth-order valence-electron chi connectivity index (χ4n) is 4.12. The van der Waals surface area contributed by atoms with Crippen LogP contribution in [-0.4, -0.2) is 81.1 Å². The van der Waals surface area contributed by atoms with Crippen LogP contribution >= 0.6 is 0 Å². The first-order chi connectivity index (χ1) is 13.4. The van der Waals surface area contributed by atoms with Crippen LogP contribution in [0.1, 0.15) is 26.2 Å². The summed E-state index contributed by atoms with van der Waals surface area (Å²) in [6.07, 6.45) is 3.50. The van der Waals surface area contributed by atoms with E-state index in [2.05, 4.69) is 46.3 Å². The Bertz CT molecular complexity index is 748. The number of benzene rings is 1. The van der Waals surface area contributed by atoms with E-state index in [1.807, 2.05) is 6.07 Å². The summed E-state index contributed by atoms with van der Waals surface area (Å²) >= 11 is 0. The number of piperazine rings is 1. The predicted molar refractivity (Wildman–Crippen MR) is 112 cm³/mol. The van der Waals surface area contributed by atoms with Crippen LogP contribution in [0.15, 0.2) is 30.3 Å². The summed E-state index contributed by atoms with van der Waals surface area (Å²) < 4.78 is 25.3. The van der Waals surface area contributed by atoms with E-state index in [1.54, 1.807) is 0 Å². The molecule has 0 spiro atoms. The smallest absolute Gasteiger partial charge is 0.238 e. The van der Waals surface area contributed by atoms with Gasteiger partial charge in [0.25, 0.3) is 0 Å². The molecule has 1 amide bonds. The van der Waals surface area contributed by atoms with Gasteiger partial charge in [-0.05, 0) is 31.9 Å². The SMILES string of the molecule is CC(CNC(=O)C1CCCCN1S(C)(=O)=O)N1CCN(c2ccccc2)CC1. The van der Waals surface area contributed by atoms with E-state index in [0.717, 1.165) is 39.0 Å². The Morgan fingerprint density at radius 2 is 1.79 bits per heavy atom. The van der Waals surface area contributed by atoms with Gasteiger partial charge in [-0.25, -0.2) is 8.42 Å². The summed E-state index contributed by atoms with van der Waals surface area (Å²) in [6, 6.07) is 10.1. The molecule has 7 nitrogen and oxygen atoms in total. The van der Waals surface area contributed by atoms with E-state index in [0.29, 0.717) is 19.5 Å². The summed E-state index contributed by atoms with van der Waals surface area (Å²) in [4.78, 5) is 17.4. The molecule has 3 rings (SSSR count). The van der Waals surface area contributed by atoms with Crippen LogP contribution < -0.4 is 10.2 Å². The number of hydrogen-bond donors (Lipinski definition) is 1. The second-order valence-electron chi connectivity index (χ2n) is 7.84. The van der Waals surface area contributed by atoms with Crippen LogP contribution in [0.3, 0.4) is 0 Å². The van der Waals surface area contributed by atoms with Gasteiger partial charge in [0.05, 0.1) is 6.26 Å². The molecule has 2 aliphatic rings. The standard InChI is InChI=1S/C20H32N4O3S/c1-17(22-12-14-23(15-13-22)18-8-4-3-5-9-18)16-21-20(25)19-10-6-7-11-24(19)28(2,26)27/h3-5,8-9,17,19H,6-7,10-16H2,1-2H3,(H,21,25). The molecule has 2 atom stereocenters. The summed E-state index contributed by atoms with van der Waals surface area (Å²) in [5, 5.41) is 2.99. The zero-order valence-corrected chi connectivity index (χ0v) is 17.7. The van der Waals surface area contributed by atoms with Gasteiger partial charge < -0.3 is 10.2 Å². The molecule has 1 N–H and O–H groups in total. The Hall–Kier alpha value is -1.64. The Balaban J connectivity index is 1.47. The molecule has 0 aliphatic carbocycles. The summed E-state index contributed by atoms with van der Waals surface area (Å²) in [6.45, 7) is 6.93. The van der Waals surface area contributed by atoms with Crippen LogP contribution in [0.5, 0.6) is 0 Å². The quantitative estimate of drug-likeness (QED) is 0.764. The van der Waals surface area contributed by atoms with Gasteiger partial charge in [0, 0.05) is 51.0 Å². The number of rotatable bonds is 6. The number of nitrogens with zero attached hydrogens (tertiary/aromatic N) is 3. The molecule has 0 bridgehead atoms. The molecule has 28 heavy (non-hydrogen) atoms. The summed E-state index contributed by atoms with van der Waals surface area (Å²) in [7, 11) is -3.36. The van der Waals surface area contributed by atoms with Crippen molar-refractivity contribution in [1.29, 1.82) is 0 Å². The normalized spacial score (nSPS) is 23.4. The van der Waals surface area contributed by atoms with Crippen LogP contribution in [0.4, 0.5) is 5.69 Å². The molecule has 2 aliphatic heterocycles. The Morgan fingerprint density at radius 3 is 2.43 bits per heavy atom. The van der Waals surface area contributed by atoms with Crippen LogP contribution in [0, 0.1) is 0 Å². The van der Waals surface area contributed by atoms with E-state index in [-0.39, 0.29) is 11.9 Å². The number of sulfonamides is 1. The first-order valence-electron chi connectivity index (χ1n) is 10.1. The Morgan fingerprint density at radius 1 is 1.11 bits per heavy atom. The second kappa shape index (κ2) is 9.24. The van der Waals surface area contributed by atoms with Gasteiger partial charge in [0.2, 0.25) is 15.9 Å². The monoisotopic (exact) mass is 408 g/mol. The van der Waals surface area contributed by atoms with Gasteiger partial charge in [-0.15, -0.1) is 0 Å². The largest absolute Gasteiger partial charge is 0.369 e. The summed E-state index contributed by atoms with van der Waals surface area (Å²) in [5.74, 6) is -0.167. The van der Waals surface area contributed by atoms with Gasteiger partial charge in [-0.3, -0.25) is 9.69 Å². The third kappa shape index (κ3) is 5.24. The van der Waals surface area contributed by atoms with E-state index >= 15 is 0 Å². The second-order valence-corrected chi connectivity index (χ2v) is 9.77. The molecule has 2 fully saturated rings. The number of para-hydroxylation sites is 1. The van der Waals surface area contributed by atoms with Gasteiger partial charge in [-0.2, -0.15) is 4.31 Å². The van der Waals surface area contributed by atoms with Crippen molar-refractivity contribution in [2.75, 3.05) is 50.4 Å². The number of anilines is 1. The zero-order chi connectivity index (χ0) is 20.1. The Kier molecular flexibility index (Phi) is 6.95. The van der Waals surface area contributed by atoms with Crippen molar-refractivity contribution in [3.63, 3.8) is 0 Å². The van der Waals surface area contributed by atoms with Crippen LogP contribution in [0.25, 0.3) is 0 Å². The van der Waals surface area contributed by atoms with Gasteiger partial charge >= 0.3 is 0 Å². The molecule has 1 aromatic rings. The number of piperidine rings is 1. The number of nitrogens with one attached hydrogen (secondary N) is 1. The molecule has 0 aromatic heterocycles. The highest BCUT2D eigenvalue weighted by molar-refractivity contribution is 7.88. The maximum absolute atomic E-state index is 12.6. The van der Waals surface area contributed by atoms with Gasteiger partial charge in [-0.1, -0.05) is 24.6 Å². The average Bonchev–Trinajstić information content (AvgIpc) is 2.72. The number of carbonyl (C=O) groups excluding carboxylic acids is 1. The first kappa shape index (κ1) is 21.1. The zero-order valence-electron chi connectivity index (χ0n) is 16.9. The molecule has 0 saturated carbocycles. The van der Waals surface area contributed by atoms with Crippen LogP contribution in [-0.2, 0) is 14.8 Å². The lowest BCUT2D eigenvalue weighted by Crippen LogP contribution is -2.55. The molecular formula is C20H32N4O3S. The molecule has 2 saturated heterocycles. The van der Waals surface area contributed by atoms with E-state index in [9.17, 15) is 13.2 Å². The van der Waals surface area contributed by atoms with Gasteiger partial charge in [0.1, 0.15) is 6.04 Å². The van der Waals surface area contributed by atoms with Gasteiger partial charge in [0.15, 0.2) is 0 Å². The maximum Gasteiger partial charge on any atom is 0.238 e. The van der Waals surface area contributed by atoms with Crippen molar-refractivity contribution in [1.82, 2.24) is 14.5 Å². The highest BCUT2D eigenvalue weighted by Gasteiger charge is 2.34. The molecule has 0 radical (unpaired) electrons. The lowest BCUT2D eigenvalue weighted by molar-refractivity contribution is -0.125. The molecule has 8 heteroatoms. The topological polar surface area (TPSA) is 73.0 Å². The van der Waals surface area contributed by atoms with Crippen molar-refractivity contribution in [3.05, 3.63) is 30.3 Å². The molecule has 2 unspecified atom stereocenters.